The van der Waals surface area contributed by atoms with Crippen molar-refractivity contribution in [3.05, 3.63) is 89.0 Å². The van der Waals surface area contributed by atoms with Gasteiger partial charge in [-0.25, -0.2) is 0 Å². The molecule has 0 aliphatic heterocycles. The standard InChI is InChI=1S/C25H20ClN3O4/c1-32-23-11-3-2-10-22(23)29-24(30)16-33-21-9-4-6-17(13-21)12-18(15-27)25(31)28-20-8-5-7-19(26)14-20/h2-14H,16H2,1H3,(H,28,31)(H,29,30)/b18-12-. The molecule has 166 valence electrons. The first kappa shape index (κ1) is 23.4. The number of anilines is 2. The molecule has 33 heavy (non-hydrogen) atoms. The normalized spacial score (nSPS) is 10.6. The Labute approximate surface area is 196 Å². The number of ether oxygens (including phenoxy) is 2. The van der Waals surface area contributed by atoms with Gasteiger partial charge in [-0.3, -0.25) is 9.59 Å². The highest BCUT2D eigenvalue weighted by Crippen LogP contribution is 2.23. The molecule has 3 rings (SSSR count). The minimum Gasteiger partial charge on any atom is -0.495 e. The van der Waals surface area contributed by atoms with E-state index in [4.69, 9.17) is 21.1 Å². The number of para-hydroxylation sites is 2. The maximum Gasteiger partial charge on any atom is 0.266 e. The molecule has 2 N–H and O–H groups in total. The Morgan fingerprint density at radius 3 is 2.58 bits per heavy atom. The van der Waals surface area contributed by atoms with Gasteiger partial charge in [0, 0.05) is 10.7 Å². The van der Waals surface area contributed by atoms with Crippen molar-refractivity contribution in [2.75, 3.05) is 24.4 Å². The Balaban J connectivity index is 1.64. The summed E-state index contributed by atoms with van der Waals surface area (Å²) in [5.74, 6) is 0.0193. The summed E-state index contributed by atoms with van der Waals surface area (Å²) >= 11 is 5.92. The van der Waals surface area contributed by atoms with Crippen LogP contribution in [0.15, 0.2) is 78.4 Å². The van der Waals surface area contributed by atoms with Gasteiger partial charge >= 0.3 is 0 Å². The molecular weight excluding hydrogens is 442 g/mol. The van der Waals surface area contributed by atoms with Crippen LogP contribution >= 0.6 is 11.6 Å². The molecule has 2 amide bonds. The van der Waals surface area contributed by atoms with Crippen LogP contribution in [-0.4, -0.2) is 25.5 Å². The largest absolute Gasteiger partial charge is 0.495 e. The molecule has 0 fully saturated rings. The zero-order valence-corrected chi connectivity index (χ0v) is 18.4. The maximum atomic E-state index is 12.4. The van der Waals surface area contributed by atoms with Gasteiger partial charge in [0.05, 0.1) is 12.8 Å². The van der Waals surface area contributed by atoms with Gasteiger partial charge in [-0.15, -0.1) is 0 Å². The summed E-state index contributed by atoms with van der Waals surface area (Å²) in [5.41, 5.74) is 1.48. The number of carbonyl (C=O) groups excluding carboxylic acids is 2. The van der Waals surface area contributed by atoms with Crippen LogP contribution in [0, 0.1) is 11.3 Å². The second kappa shape index (κ2) is 11.4. The number of nitrogens with zero attached hydrogens (tertiary/aromatic N) is 1. The molecule has 3 aromatic carbocycles. The highest BCUT2D eigenvalue weighted by atomic mass is 35.5. The van der Waals surface area contributed by atoms with E-state index in [0.717, 1.165) is 0 Å². The highest BCUT2D eigenvalue weighted by molar-refractivity contribution is 6.31. The maximum absolute atomic E-state index is 12.4. The highest BCUT2D eigenvalue weighted by Gasteiger charge is 2.11. The number of nitrogens with one attached hydrogen (secondary N) is 2. The van der Waals surface area contributed by atoms with Gasteiger partial charge in [0.25, 0.3) is 11.8 Å². The summed E-state index contributed by atoms with van der Waals surface area (Å²) in [7, 11) is 1.52. The number of hydrogen-bond donors (Lipinski definition) is 2. The van der Waals surface area contributed by atoms with Crippen LogP contribution in [0.1, 0.15) is 5.56 Å². The van der Waals surface area contributed by atoms with Crippen LogP contribution in [0.4, 0.5) is 11.4 Å². The Morgan fingerprint density at radius 1 is 1.03 bits per heavy atom. The predicted octanol–water partition coefficient (Wildman–Crippen LogP) is 4.91. The number of rotatable bonds is 8. The average Bonchev–Trinajstić information content (AvgIpc) is 2.82. The second-order valence-electron chi connectivity index (χ2n) is 6.74. The third-order valence-corrected chi connectivity index (χ3v) is 4.60. The van der Waals surface area contributed by atoms with Crippen LogP contribution in [0.2, 0.25) is 5.02 Å². The number of methoxy groups -OCH3 is 1. The molecule has 0 radical (unpaired) electrons. The SMILES string of the molecule is COc1ccccc1NC(=O)COc1cccc(/C=C(/C#N)C(=O)Nc2cccc(Cl)c2)c1. The Kier molecular flexibility index (Phi) is 8.06. The van der Waals surface area contributed by atoms with Gasteiger partial charge in [0.1, 0.15) is 23.1 Å². The van der Waals surface area contributed by atoms with E-state index in [2.05, 4.69) is 10.6 Å². The lowest BCUT2D eigenvalue weighted by Crippen LogP contribution is -2.20. The van der Waals surface area contributed by atoms with Crippen LogP contribution in [0.5, 0.6) is 11.5 Å². The summed E-state index contributed by atoms with van der Waals surface area (Å²) in [4.78, 5) is 24.7. The number of halogens is 1. The van der Waals surface area contributed by atoms with Crippen molar-refractivity contribution in [3.63, 3.8) is 0 Å². The fourth-order valence-corrected chi connectivity index (χ4v) is 3.05. The molecule has 0 aliphatic rings. The molecular formula is C25H20ClN3O4. The summed E-state index contributed by atoms with van der Waals surface area (Å²) < 4.78 is 10.8. The van der Waals surface area contributed by atoms with Crippen LogP contribution in [0.25, 0.3) is 6.08 Å². The first-order valence-corrected chi connectivity index (χ1v) is 10.2. The van der Waals surface area contributed by atoms with Crippen LogP contribution < -0.4 is 20.1 Å². The molecule has 0 spiro atoms. The monoisotopic (exact) mass is 461 g/mol. The Bertz CT molecular complexity index is 1230. The van der Waals surface area contributed by atoms with E-state index in [-0.39, 0.29) is 18.1 Å². The van der Waals surface area contributed by atoms with Crippen LogP contribution in [-0.2, 0) is 9.59 Å². The third-order valence-electron chi connectivity index (χ3n) is 4.37. The number of hydrogen-bond acceptors (Lipinski definition) is 5. The zero-order chi connectivity index (χ0) is 23.6. The van der Waals surface area contributed by atoms with Gasteiger partial charge in [-0.2, -0.15) is 5.26 Å². The van der Waals surface area contributed by atoms with E-state index in [9.17, 15) is 14.9 Å². The minimum absolute atomic E-state index is 0.0963. The first-order valence-electron chi connectivity index (χ1n) is 9.83. The molecule has 8 heteroatoms. The topological polar surface area (TPSA) is 100 Å². The van der Waals surface area contributed by atoms with Gasteiger partial charge in [-0.05, 0) is 54.1 Å². The Hall–Kier alpha value is -4.28. The van der Waals surface area contributed by atoms with E-state index in [0.29, 0.717) is 33.5 Å². The van der Waals surface area contributed by atoms with Crippen molar-refractivity contribution >= 4 is 40.9 Å². The van der Waals surface area contributed by atoms with Crippen molar-refractivity contribution in [3.8, 4) is 17.6 Å². The predicted molar refractivity (Wildman–Crippen MR) is 127 cm³/mol. The van der Waals surface area contributed by atoms with Crippen molar-refractivity contribution in [1.29, 1.82) is 5.26 Å². The van der Waals surface area contributed by atoms with Crippen molar-refractivity contribution in [2.24, 2.45) is 0 Å². The molecule has 0 heterocycles. The van der Waals surface area contributed by atoms with E-state index in [1.54, 1.807) is 72.8 Å². The average molecular weight is 462 g/mol. The van der Waals surface area contributed by atoms with Crippen LogP contribution in [0.3, 0.4) is 0 Å². The van der Waals surface area contributed by atoms with E-state index >= 15 is 0 Å². The molecule has 0 aliphatic carbocycles. The Morgan fingerprint density at radius 2 is 1.82 bits per heavy atom. The fourth-order valence-electron chi connectivity index (χ4n) is 2.86. The quantitative estimate of drug-likeness (QED) is 0.366. The lowest BCUT2D eigenvalue weighted by molar-refractivity contribution is -0.118. The summed E-state index contributed by atoms with van der Waals surface area (Å²) in [6, 6.07) is 22.3. The number of amides is 2. The minimum atomic E-state index is -0.567. The molecule has 0 atom stereocenters. The van der Waals surface area contributed by atoms with Gasteiger partial charge in [-0.1, -0.05) is 41.9 Å². The molecule has 3 aromatic rings. The summed E-state index contributed by atoms with van der Waals surface area (Å²) in [6.45, 7) is -0.231. The third kappa shape index (κ3) is 6.86. The van der Waals surface area contributed by atoms with Gasteiger partial charge in [0.2, 0.25) is 0 Å². The van der Waals surface area contributed by atoms with E-state index < -0.39 is 5.91 Å². The fraction of sp³-hybridized carbons (Fsp3) is 0.0800. The molecule has 0 unspecified atom stereocenters. The molecule has 0 bridgehead atoms. The lowest BCUT2D eigenvalue weighted by Gasteiger charge is -2.11. The van der Waals surface area contributed by atoms with E-state index in [1.165, 1.54) is 13.2 Å². The van der Waals surface area contributed by atoms with E-state index in [1.807, 2.05) is 6.07 Å². The number of carbonyl (C=O) groups is 2. The molecule has 0 saturated heterocycles. The smallest absolute Gasteiger partial charge is 0.266 e. The number of benzene rings is 3. The zero-order valence-electron chi connectivity index (χ0n) is 17.7. The second-order valence-corrected chi connectivity index (χ2v) is 7.18. The van der Waals surface area contributed by atoms with Crippen molar-refractivity contribution in [1.82, 2.24) is 0 Å². The number of nitriles is 1. The van der Waals surface area contributed by atoms with Crippen molar-refractivity contribution in [2.45, 2.75) is 0 Å². The molecule has 7 nitrogen and oxygen atoms in total. The summed E-state index contributed by atoms with van der Waals surface area (Å²) in [6.07, 6.45) is 1.43. The summed E-state index contributed by atoms with van der Waals surface area (Å²) in [5, 5.41) is 15.2. The molecule has 0 aromatic heterocycles. The molecule has 0 saturated carbocycles. The van der Waals surface area contributed by atoms with Gasteiger partial charge < -0.3 is 20.1 Å². The van der Waals surface area contributed by atoms with Crippen molar-refractivity contribution < 1.29 is 19.1 Å². The lowest BCUT2D eigenvalue weighted by atomic mass is 10.1. The first-order chi connectivity index (χ1) is 16.0. The van der Waals surface area contributed by atoms with Gasteiger partial charge in [0.15, 0.2) is 6.61 Å².